The van der Waals surface area contributed by atoms with Gasteiger partial charge in [0.1, 0.15) is 5.75 Å². The third kappa shape index (κ3) is 8.97. The number of aromatic nitrogens is 1. The van der Waals surface area contributed by atoms with Crippen molar-refractivity contribution in [3.8, 4) is 17.0 Å². The summed E-state index contributed by atoms with van der Waals surface area (Å²) < 4.78 is 7.83. The van der Waals surface area contributed by atoms with Crippen molar-refractivity contribution in [2.45, 2.75) is 78.4 Å². The molecule has 1 saturated heterocycles. The van der Waals surface area contributed by atoms with Gasteiger partial charge in [-0.1, -0.05) is 69.2 Å². The van der Waals surface area contributed by atoms with Crippen LogP contribution in [0.3, 0.4) is 0 Å². The van der Waals surface area contributed by atoms with Crippen molar-refractivity contribution < 1.29 is 19.1 Å². The summed E-state index contributed by atoms with van der Waals surface area (Å²) in [6.07, 6.45) is 4.98. The number of rotatable bonds is 12. The minimum Gasteiger partial charge on any atom is -0.410 e. The Hall–Kier alpha value is -4.93. The third-order valence-electron chi connectivity index (χ3n) is 12.4. The van der Waals surface area contributed by atoms with Gasteiger partial charge >= 0.3 is 6.09 Å². The number of benzene rings is 3. The van der Waals surface area contributed by atoms with Gasteiger partial charge in [0, 0.05) is 101 Å². The Kier molecular flexibility index (Phi) is 12.8. The number of hydrogen-bond donors (Lipinski definition) is 0. The van der Waals surface area contributed by atoms with Gasteiger partial charge in [0.2, 0.25) is 0 Å². The highest BCUT2D eigenvalue weighted by Gasteiger charge is 2.35. The SMILES string of the molecule is CCCCN(CCCC)C(=O)c1cc(-c2cc3c(cc2C(=O)N2Cc4ccccc4C[C@H]2CN2CCN(C)CC2)CN(C(=O)Oc2ccccc2)CC3)n(C)c1C. The number of carbonyl (C=O) groups excluding carboxylic acids is 3. The minimum absolute atomic E-state index is 0.00462. The Bertz CT molecular complexity index is 2040. The van der Waals surface area contributed by atoms with E-state index in [4.69, 9.17) is 4.74 Å². The number of amides is 3. The first-order valence-corrected chi connectivity index (χ1v) is 21.1. The molecule has 10 heteroatoms. The number of para-hydroxylation sites is 1. The summed E-state index contributed by atoms with van der Waals surface area (Å²) in [5.74, 6) is 0.530. The second-order valence-corrected chi connectivity index (χ2v) is 16.3. The summed E-state index contributed by atoms with van der Waals surface area (Å²) in [4.78, 5) is 53.8. The van der Waals surface area contributed by atoms with Gasteiger partial charge in [-0.15, -0.1) is 0 Å². The molecule has 0 unspecified atom stereocenters. The van der Waals surface area contributed by atoms with Crippen LogP contribution in [0.15, 0.2) is 72.8 Å². The van der Waals surface area contributed by atoms with Crippen LogP contribution in [-0.4, -0.2) is 112 Å². The fraction of sp³-hybridized carbons (Fsp3) is 0.468. The van der Waals surface area contributed by atoms with Crippen LogP contribution in [-0.2, 0) is 33.0 Å². The Labute approximate surface area is 339 Å². The molecule has 0 spiro atoms. The Morgan fingerprint density at radius 3 is 2.14 bits per heavy atom. The quantitative estimate of drug-likeness (QED) is 0.149. The summed E-state index contributed by atoms with van der Waals surface area (Å²) in [6.45, 7) is 13.9. The Morgan fingerprint density at radius 1 is 0.754 bits per heavy atom. The van der Waals surface area contributed by atoms with Crippen LogP contribution in [0.1, 0.15) is 88.2 Å². The molecular weight excluding hydrogens is 713 g/mol. The molecule has 3 aliphatic heterocycles. The van der Waals surface area contributed by atoms with E-state index >= 15 is 4.79 Å². The van der Waals surface area contributed by atoms with Crippen LogP contribution < -0.4 is 4.74 Å². The molecule has 3 amide bonds. The largest absolute Gasteiger partial charge is 0.415 e. The second kappa shape index (κ2) is 18.1. The van der Waals surface area contributed by atoms with E-state index in [9.17, 15) is 9.59 Å². The molecule has 1 fully saturated rings. The predicted octanol–water partition coefficient (Wildman–Crippen LogP) is 7.41. The summed E-state index contributed by atoms with van der Waals surface area (Å²) in [5.41, 5.74) is 8.38. The molecule has 0 N–H and O–H groups in total. The average molecular weight is 773 g/mol. The van der Waals surface area contributed by atoms with Crippen molar-refractivity contribution in [1.82, 2.24) is 29.1 Å². The number of likely N-dealkylation sites (N-methyl/N-ethyl adjacent to an activating group) is 1. The van der Waals surface area contributed by atoms with Gasteiger partial charge < -0.3 is 28.9 Å². The minimum atomic E-state index is -0.402. The van der Waals surface area contributed by atoms with E-state index in [2.05, 4.69) is 70.5 Å². The van der Waals surface area contributed by atoms with Gasteiger partial charge in [0.25, 0.3) is 11.8 Å². The van der Waals surface area contributed by atoms with Crippen molar-refractivity contribution in [3.63, 3.8) is 0 Å². The average Bonchev–Trinajstić information content (AvgIpc) is 3.53. The molecule has 3 aromatic carbocycles. The number of carbonyl (C=O) groups is 3. The molecule has 0 saturated carbocycles. The lowest BCUT2D eigenvalue weighted by atomic mass is 9.89. The lowest BCUT2D eigenvalue weighted by Crippen LogP contribution is -2.53. The van der Waals surface area contributed by atoms with Crippen LogP contribution in [0.4, 0.5) is 4.79 Å². The van der Waals surface area contributed by atoms with E-state index in [1.165, 1.54) is 11.1 Å². The lowest BCUT2D eigenvalue weighted by molar-refractivity contribution is 0.0536. The summed E-state index contributed by atoms with van der Waals surface area (Å²) in [5, 5.41) is 0. The van der Waals surface area contributed by atoms with Crippen molar-refractivity contribution in [2.75, 3.05) is 59.4 Å². The molecule has 0 radical (unpaired) electrons. The molecular formula is C47H60N6O4. The number of piperazine rings is 1. The summed E-state index contributed by atoms with van der Waals surface area (Å²) in [6, 6.07) is 23.9. The zero-order valence-electron chi connectivity index (χ0n) is 34.6. The highest BCUT2D eigenvalue weighted by Crippen LogP contribution is 2.36. The molecule has 302 valence electrons. The van der Waals surface area contributed by atoms with Gasteiger partial charge in [-0.2, -0.15) is 0 Å². The predicted molar refractivity (Wildman–Crippen MR) is 226 cm³/mol. The molecule has 7 rings (SSSR count). The van der Waals surface area contributed by atoms with E-state index in [0.717, 1.165) is 106 Å². The molecule has 0 bridgehead atoms. The zero-order valence-corrected chi connectivity index (χ0v) is 34.6. The maximum Gasteiger partial charge on any atom is 0.415 e. The van der Waals surface area contributed by atoms with Gasteiger partial charge in [-0.3, -0.25) is 14.5 Å². The topological polar surface area (TPSA) is 81.6 Å². The zero-order chi connectivity index (χ0) is 40.1. The number of nitrogens with zero attached hydrogens (tertiary/aromatic N) is 6. The van der Waals surface area contributed by atoms with Crippen LogP contribution in [0.5, 0.6) is 5.75 Å². The monoisotopic (exact) mass is 772 g/mol. The molecule has 3 aliphatic rings. The lowest BCUT2D eigenvalue weighted by Gasteiger charge is -2.42. The van der Waals surface area contributed by atoms with Gasteiger partial charge in [-0.05, 0) is 92.2 Å². The third-order valence-corrected chi connectivity index (χ3v) is 12.4. The standard InChI is InChI=1S/C47H60N6O4/c1-6-8-20-51(21-9-7-2)45(54)41-30-44(49(5)34(41)3)42-28-36-19-22-52(47(56)57-40-17-11-10-12-18-40)31-38(36)29-43(42)46(55)53-32-37-16-14-13-15-35(37)27-39(53)33-50-25-23-48(4)24-26-50/h10-18,28-30,39H,6-9,19-27,31-33H2,1-5H3/t39-/m0/s1. The fourth-order valence-corrected chi connectivity index (χ4v) is 8.64. The van der Waals surface area contributed by atoms with E-state index in [1.54, 1.807) is 17.0 Å². The first-order chi connectivity index (χ1) is 27.6. The first-order valence-electron chi connectivity index (χ1n) is 21.1. The van der Waals surface area contributed by atoms with Crippen LogP contribution in [0.2, 0.25) is 0 Å². The molecule has 57 heavy (non-hydrogen) atoms. The van der Waals surface area contributed by atoms with Crippen LogP contribution in [0, 0.1) is 6.92 Å². The van der Waals surface area contributed by atoms with Crippen molar-refractivity contribution in [1.29, 1.82) is 0 Å². The number of unbranched alkanes of at least 4 members (excludes halogenated alkanes) is 2. The van der Waals surface area contributed by atoms with Gasteiger partial charge in [0.15, 0.2) is 0 Å². The van der Waals surface area contributed by atoms with Crippen LogP contribution >= 0.6 is 0 Å². The van der Waals surface area contributed by atoms with Gasteiger partial charge in [0.05, 0.1) is 5.56 Å². The molecule has 4 aromatic rings. The number of fused-ring (bicyclic) bond motifs is 2. The maximum absolute atomic E-state index is 15.4. The molecule has 1 atom stereocenters. The maximum atomic E-state index is 15.4. The van der Waals surface area contributed by atoms with Gasteiger partial charge in [-0.25, -0.2) is 4.79 Å². The molecule has 1 aromatic heterocycles. The summed E-state index contributed by atoms with van der Waals surface area (Å²) >= 11 is 0. The van der Waals surface area contributed by atoms with Crippen molar-refractivity contribution in [3.05, 3.63) is 112 Å². The van der Waals surface area contributed by atoms with E-state index in [1.807, 2.05) is 49.2 Å². The number of ether oxygens (including phenoxy) is 1. The molecule has 4 heterocycles. The fourth-order valence-electron chi connectivity index (χ4n) is 8.64. The Morgan fingerprint density at radius 2 is 1.44 bits per heavy atom. The normalized spacial score (nSPS) is 17.2. The summed E-state index contributed by atoms with van der Waals surface area (Å²) in [7, 11) is 4.18. The molecule has 0 aliphatic carbocycles. The van der Waals surface area contributed by atoms with E-state index < -0.39 is 6.09 Å². The van der Waals surface area contributed by atoms with Crippen molar-refractivity contribution in [2.24, 2.45) is 7.05 Å². The smallest absolute Gasteiger partial charge is 0.410 e. The first kappa shape index (κ1) is 40.3. The highest BCUT2D eigenvalue weighted by molar-refractivity contribution is 6.03. The number of hydrogen-bond acceptors (Lipinski definition) is 6. The van der Waals surface area contributed by atoms with Crippen LogP contribution in [0.25, 0.3) is 11.3 Å². The van der Waals surface area contributed by atoms with E-state index in [-0.39, 0.29) is 17.9 Å². The second-order valence-electron chi connectivity index (χ2n) is 16.3. The highest BCUT2D eigenvalue weighted by atomic mass is 16.6. The van der Waals surface area contributed by atoms with Crippen molar-refractivity contribution >= 4 is 17.9 Å². The van der Waals surface area contributed by atoms with E-state index in [0.29, 0.717) is 42.9 Å². The molecule has 10 nitrogen and oxygen atoms in total. The Balaban J connectivity index is 1.28.